The molecule has 0 fully saturated rings. The quantitative estimate of drug-likeness (QED) is 0.0499. The lowest BCUT2D eigenvalue weighted by Crippen LogP contribution is -2.48. The van der Waals surface area contributed by atoms with Crippen molar-refractivity contribution >= 4 is 17.9 Å². The molecule has 0 radical (unpaired) electrons. The topological polar surface area (TPSA) is 119 Å². The first-order valence-electron chi connectivity index (χ1n) is 23.3. The summed E-state index contributed by atoms with van der Waals surface area (Å²) in [4.78, 5) is 41.3. The number of hydrogen-bond acceptors (Lipinski definition) is 6. The minimum atomic E-state index is -1.10. The monoisotopic (exact) mass is 803 g/mol. The van der Waals surface area contributed by atoms with Gasteiger partial charge in [-0.05, 0) is 62.6 Å². The maximum atomic E-state index is 13.9. The molecule has 0 unspecified atom stereocenters. The fraction of sp³-hybridized carbons (Fsp3) is 0.816. The molecular formula is C49H86O8. The van der Waals surface area contributed by atoms with Crippen LogP contribution in [0.5, 0.6) is 5.75 Å². The number of carbonyl (C=O) groups excluding carboxylic acids is 1. The van der Waals surface area contributed by atoms with Crippen molar-refractivity contribution in [3.05, 3.63) is 29.8 Å². The number of ether oxygens (including phenoxy) is 3. The van der Waals surface area contributed by atoms with E-state index in [1.807, 2.05) is 24.3 Å². The number of carboxylic acids is 2. The zero-order valence-corrected chi connectivity index (χ0v) is 37.6. The molecular weight excluding hydrogens is 717 g/mol. The zero-order valence-electron chi connectivity index (χ0n) is 37.6. The van der Waals surface area contributed by atoms with Crippen molar-refractivity contribution in [3.63, 3.8) is 0 Å². The minimum absolute atomic E-state index is 0.0543. The second-order valence-corrected chi connectivity index (χ2v) is 17.4. The Morgan fingerprint density at radius 1 is 0.526 bits per heavy atom. The van der Waals surface area contributed by atoms with Gasteiger partial charge >= 0.3 is 17.9 Å². The van der Waals surface area contributed by atoms with Gasteiger partial charge in [-0.3, -0.25) is 14.4 Å². The highest BCUT2D eigenvalue weighted by molar-refractivity contribution is 5.76. The van der Waals surface area contributed by atoms with Gasteiger partial charge in [-0.1, -0.05) is 175 Å². The highest BCUT2D eigenvalue weighted by Gasteiger charge is 2.52. The van der Waals surface area contributed by atoms with Gasteiger partial charge in [0, 0.05) is 11.8 Å². The first kappa shape index (κ1) is 52.4. The van der Waals surface area contributed by atoms with E-state index in [-0.39, 0.29) is 38.6 Å². The molecule has 0 atom stereocenters. The molecule has 0 saturated heterocycles. The summed E-state index contributed by atoms with van der Waals surface area (Å²) < 4.78 is 18.2. The Morgan fingerprint density at radius 3 is 1.28 bits per heavy atom. The fourth-order valence-electron chi connectivity index (χ4n) is 8.77. The van der Waals surface area contributed by atoms with E-state index in [2.05, 4.69) is 34.6 Å². The van der Waals surface area contributed by atoms with Gasteiger partial charge in [0.15, 0.2) is 0 Å². The second kappa shape index (κ2) is 31.3. The Morgan fingerprint density at radius 2 is 0.912 bits per heavy atom. The molecule has 1 aromatic rings. The molecule has 0 bridgehead atoms. The molecule has 8 heteroatoms. The van der Waals surface area contributed by atoms with Crippen LogP contribution in [-0.4, -0.2) is 48.4 Å². The van der Waals surface area contributed by atoms with Crippen molar-refractivity contribution in [1.29, 1.82) is 0 Å². The van der Waals surface area contributed by atoms with Gasteiger partial charge in [0.25, 0.3) is 0 Å². The highest BCUT2D eigenvalue weighted by Crippen LogP contribution is 2.51. The summed E-state index contributed by atoms with van der Waals surface area (Å²) >= 11 is 0. The van der Waals surface area contributed by atoms with Crippen LogP contribution in [0, 0.1) is 16.2 Å². The van der Waals surface area contributed by atoms with Crippen molar-refractivity contribution in [1.82, 2.24) is 0 Å². The summed E-state index contributed by atoms with van der Waals surface area (Å²) in [6.45, 7) is 11.1. The molecule has 0 amide bonds. The number of methoxy groups -OCH3 is 1. The molecule has 1 rings (SSSR count). The number of rotatable bonds is 39. The van der Waals surface area contributed by atoms with Crippen LogP contribution in [0.15, 0.2) is 24.3 Å². The maximum absolute atomic E-state index is 13.9. The lowest BCUT2D eigenvalue weighted by molar-refractivity contribution is -0.166. The van der Waals surface area contributed by atoms with Crippen molar-refractivity contribution < 1.29 is 38.8 Å². The lowest BCUT2D eigenvalue weighted by Gasteiger charge is -2.46. The van der Waals surface area contributed by atoms with Gasteiger partial charge in [-0.15, -0.1) is 0 Å². The Labute approximate surface area is 349 Å². The average molecular weight is 803 g/mol. The fourth-order valence-corrected chi connectivity index (χ4v) is 8.77. The van der Waals surface area contributed by atoms with Crippen molar-refractivity contribution in [3.8, 4) is 5.75 Å². The van der Waals surface area contributed by atoms with Crippen molar-refractivity contribution in [2.24, 2.45) is 16.2 Å². The van der Waals surface area contributed by atoms with Crippen molar-refractivity contribution in [2.45, 2.75) is 221 Å². The minimum Gasteiger partial charge on any atom is -0.497 e. The van der Waals surface area contributed by atoms with Crippen molar-refractivity contribution in [2.75, 3.05) is 20.3 Å². The SMILES string of the molecule is CCCCCCCC(=O)OCC(COCc1ccc(OC)cc1)(CC(CCCCCC)(CCCCCC)C(=O)O)CC(CCCCCC)(CCCCCC)C(=O)O. The third-order valence-corrected chi connectivity index (χ3v) is 12.2. The highest BCUT2D eigenvalue weighted by atomic mass is 16.5. The first-order chi connectivity index (χ1) is 27.5. The molecule has 330 valence electrons. The molecule has 0 aliphatic rings. The predicted octanol–water partition coefficient (Wildman–Crippen LogP) is 13.9. The summed E-state index contributed by atoms with van der Waals surface area (Å²) in [5, 5.41) is 22.7. The van der Waals surface area contributed by atoms with Gasteiger partial charge in [-0.25, -0.2) is 0 Å². The third-order valence-electron chi connectivity index (χ3n) is 12.2. The summed E-state index contributed by atoms with van der Waals surface area (Å²) in [6, 6.07) is 7.67. The Balaban J connectivity index is 3.92. The largest absolute Gasteiger partial charge is 0.497 e. The van der Waals surface area contributed by atoms with Crippen LogP contribution < -0.4 is 4.74 Å². The van der Waals surface area contributed by atoms with Crippen LogP contribution in [0.2, 0.25) is 0 Å². The van der Waals surface area contributed by atoms with Gasteiger partial charge in [0.1, 0.15) is 5.75 Å². The van der Waals surface area contributed by atoms with Crippen LogP contribution in [0.1, 0.15) is 220 Å². The average Bonchev–Trinajstić information content (AvgIpc) is 3.20. The lowest BCUT2D eigenvalue weighted by atomic mass is 9.59. The second-order valence-electron chi connectivity index (χ2n) is 17.4. The number of carboxylic acid groups (broad SMARTS) is 2. The van der Waals surface area contributed by atoms with E-state index >= 15 is 0 Å². The molecule has 0 heterocycles. The van der Waals surface area contributed by atoms with E-state index in [4.69, 9.17) is 14.2 Å². The molecule has 2 N–H and O–H groups in total. The number of hydrogen-bond donors (Lipinski definition) is 2. The Hall–Kier alpha value is -2.61. The van der Waals surface area contributed by atoms with E-state index < -0.39 is 28.2 Å². The molecule has 0 aromatic heterocycles. The zero-order chi connectivity index (χ0) is 42.3. The third kappa shape index (κ3) is 21.3. The van der Waals surface area contributed by atoms with E-state index in [1.54, 1.807) is 7.11 Å². The van der Waals surface area contributed by atoms with Crippen LogP contribution in [0.25, 0.3) is 0 Å². The summed E-state index contributed by atoms with van der Waals surface area (Å²) in [5.41, 5.74) is -2.31. The van der Waals surface area contributed by atoms with Crippen LogP contribution >= 0.6 is 0 Å². The van der Waals surface area contributed by atoms with E-state index in [0.717, 1.165) is 146 Å². The predicted molar refractivity (Wildman–Crippen MR) is 234 cm³/mol. The number of carbonyl (C=O) groups is 3. The van der Waals surface area contributed by atoms with Crippen LogP contribution in [-0.2, 0) is 30.5 Å². The molecule has 0 aliphatic heterocycles. The summed E-state index contributed by atoms with van der Waals surface area (Å²) in [6.07, 6.45) is 23.0. The van der Waals surface area contributed by atoms with Gasteiger partial charge < -0.3 is 24.4 Å². The maximum Gasteiger partial charge on any atom is 0.309 e. The molecule has 0 spiro atoms. The summed E-state index contributed by atoms with van der Waals surface area (Å²) in [5.74, 6) is -1.22. The number of esters is 1. The molecule has 1 aromatic carbocycles. The molecule has 0 aliphatic carbocycles. The Bertz CT molecular complexity index is 1110. The smallest absolute Gasteiger partial charge is 0.309 e. The van der Waals surface area contributed by atoms with E-state index in [0.29, 0.717) is 32.1 Å². The molecule has 8 nitrogen and oxygen atoms in total. The van der Waals surface area contributed by atoms with Gasteiger partial charge in [0.2, 0.25) is 0 Å². The summed E-state index contributed by atoms with van der Waals surface area (Å²) in [7, 11) is 1.63. The molecule has 0 saturated carbocycles. The standard InChI is InChI=1S/C49H86O8/c1-7-12-17-22-23-28-44(50)57-41-47(40-56-37-42-29-31-43(55-6)32-30-42,38-48(45(51)52,33-24-18-13-8-2)34-25-19-14-9-3)39-49(46(53)54,35-26-20-15-10-4)36-27-21-16-11-5/h29-32H,7-28,33-41H2,1-6H3,(H,51,52)(H,53,54). The first-order valence-corrected chi connectivity index (χ1v) is 23.3. The van der Waals surface area contributed by atoms with E-state index in [1.165, 1.54) is 0 Å². The number of aliphatic carboxylic acids is 2. The van der Waals surface area contributed by atoms with Gasteiger partial charge in [-0.2, -0.15) is 0 Å². The number of benzene rings is 1. The van der Waals surface area contributed by atoms with Gasteiger partial charge in [0.05, 0.1) is 37.8 Å². The Kier molecular flexibility index (Phi) is 28.8. The number of unbranched alkanes of at least 4 members (excludes halogenated alkanes) is 16. The molecule has 57 heavy (non-hydrogen) atoms. The van der Waals surface area contributed by atoms with Crippen LogP contribution in [0.4, 0.5) is 0 Å². The van der Waals surface area contributed by atoms with E-state index in [9.17, 15) is 24.6 Å². The normalized spacial score (nSPS) is 12.2. The van der Waals surface area contributed by atoms with Crippen LogP contribution in [0.3, 0.4) is 0 Å².